The Kier molecular flexibility index (Phi) is 4.28. The van der Waals surface area contributed by atoms with Crippen LogP contribution in [0.5, 0.6) is 0 Å². The van der Waals surface area contributed by atoms with Crippen LogP contribution in [-0.4, -0.2) is 10.8 Å². The van der Waals surface area contributed by atoms with Gasteiger partial charge in [-0.1, -0.05) is 12.1 Å². The summed E-state index contributed by atoms with van der Waals surface area (Å²) in [5.74, 6) is -0.521. The lowest BCUT2D eigenvalue weighted by Crippen LogP contribution is -2.03. The van der Waals surface area contributed by atoms with Crippen molar-refractivity contribution >= 4 is 44.4 Å². The number of carbonyl (C=O) groups is 1. The molecule has 0 aliphatic rings. The first kappa shape index (κ1) is 14.6. The second-order valence-electron chi connectivity index (χ2n) is 4.34. The standard InChI is InChI=1S/C15H9BrFNOS2/c16-14-5-4-13(21-14)11-8-20-15(18-11)7-12(19)9-2-1-3-10(17)6-9/h1-6,8H,7H2. The van der Waals surface area contributed by atoms with Crippen LogP contribution in [0.3, 0.4) is 0 Å². The van der Waals surface area contributed by atoms with Crippen LogP contribution in [0.2, 0.25) is 0 Å². The number of hydrogen-bond acceptors (Lipinski definition) is 4. The van der Waals surface area contributed by atoms with E-state index in [-0.39, 0.29) is 12.2 Å². The fraction of sp³-hybridized carbons (Fsp3) is 0.0667. The number of aromatic nitrogens is 1. The summed E-state index contributed by atoms with van der Waals surface area (Å²) >= 11 is 6.46. The third-order valence-corrected chi connectivity index (χ3v) is 5.33. The summed E-state index contributed by atoms with van der Waals surface area (Å²) in [6.45, 7) is 0. The Hall–Kier alpha value is -1.37. The molecule has 2 heterocycles. The van der Waals surface area contributed by atoms with Gasteiger partial charge in [-0.05, 0) is 40.2 Å². The molecule has 0 atom stereocenters. The van der Waals surface area contributed by atoms with Crippen LogP contribution in [0.1, 0.15) is 15.4 Å². The van der Waals surface area contributed by atoms with Crippen LogP contribution in [-0.2, 0) is 6.42 Å². The maximum Gasteiger partial charge on any atom is 0.169 e. The Labute approximate surface area is 137 Å². The van der Waals surface area contributed by atoms with Gasteiger partial charge < -0.3 is 0 Å². The Bertz CT molecular complexity index is 796. The minimum Gasteiger partial charge on any atom is -0.294 e. The topological polar surface area (TPSA) is 30.0 Å². The summed E-state index contributed by atoms with van der Waals surface area (Å²) in [6.07, 6.45) is 0.195. The first-order valence-electron chi connectivity index (χ1n) is 6.11. The van der Waals surface area contributed by atoms with Gasteiger partial charge in [-0.2, -0.15) is 0 Å². The first-order valence-corrected chi connectivity index (χ1v) is 8.59. The van der Waals surface area contributed by atoms with Gasteiger partial charge >= 0.3 is 0 Å². The molecule has 0 radical (unpaired) electrons. The fourth-order valence-corrected chi connectivity index (χ4v) is 4.07. The molecule has 3 rings (SSSR count). The number of thiazole rings is 1. The Morgan fingerprint density at radius 1 is 1.29 bits per heavy atom. The van der Waals surface area contributed by atoms with E-state index in [4.69, 9.17) is 0 Å². The molecule has 0 amide bonds. The van der Waals surface area contributed by atoms with Gasteiger partial charge in [0.2, 0.25) is 0 Å². The van der Waals surface area contributed by atoms with E-state index < -0.39 is 5.82 Å². The monoisotopic (exact) mass is 381 g/mol. The number of halogens is 2. The van der Waals surface area contributed by atoms with Gasteiger partial charge in [-0.15, -0.1) is 22.7 Å². The number of benzene rings is 1. The molecule has 2 nitrogen and oxygen atoms in total. The van der Waals surface area contributed by atoms with Crippen LogP contribution in [0.25, 0.3) is 10.6 Å². The molecule has 0 N–H and O–H groups in total. The van der Waals surface area contributed by atoms with Crippen LogP contribution in [0.4, 0.5) is 4.39 Å². The number of nitrogens with zero attached hydrogens (tertiary/aromatic N) is 1. The molecule has 0 aliphatic heterocycles. The minimum atomic E-state index is -0.399. The van der Waals surface area contributed by atoms with Gasteiger partial charge in [0.1, 0.15) is 10.8 Å². The van der Waals surface area contributed by atoms with Crippen LogP contribution in [0, 0.1) is 5.82 Å². The number of carbonyl (C=O) groups excluding carboxylic acids is 1. The molecule has 0 aliphatic carbocycles. The summed E-state index contributed by atoms with van der Waals surface area (Å²) in [7, 11) is 0. The third-order valence-electron chi connectivity index (χ3n) is 2.84. The van der Waals surface area contributed by atoms with Gasteiger partial charge in [0, 0.05) is 10.9 Å². The summed E-state index contributed by atoms with van der Waals surface area (Å²) < 4.78 is 14.2. The summed E-state index contributed by atoms with van der Waals surface area (Å²) in [4.78, 5) is 17.6. The summed E-state index contributed by atoms with van der Waals surface area (Å²) in [5.41, 5.74) is 1.25. The highest BCUT2D eigenvalue weighted by atomic mass is 79.9. The molecular weight excluding hydrogens is 373 g/mol. The largest absolute Gasteiger partial charge is 0.294 e. The van der Waals surface area contributed by atoms with E-state index in [1.165, 1.54) is 23.5 Å². The highest BCUT2D eigenvalue weighted by Crippen LogP contribution is 2.32. The molecule has 0 bridgehead atoms. The molecule has 6 heteroatoms. The van der Waals surface area contributed by atoms with E-state index in [9.17, 15) is 9.18 Å². The number of hydrogen-bond donors (Lipinski definition) is 0. The van der Waals surface area contributed by atoms with E-state index in [1.807, 2.05) is 17.5 Å². The Morgan fingerprint density at radius 3 is 2.86 bits per heavy atom. The predicted molar refractivity (Wildman–Crippen MR) is 87.6 cm³/mol. The highest BCUT2D eigenvalue weighted by molar-refractivity contribution is 9.11. The van der Waals surface area contributed by atoms with Gasteiger partial charge in [-0.25, -0.2) is 9.37 Å². The SMILES string of the molecule is O=C(Cc1nc(-c2ccc(Br)s2)cs1)c1cccc(F)c1. The number of ketones is 1. The molecule has 0 saturated carbocycles. The third kappa shape index (κ3) is 3.45. The zero-order valence-electron chi connectivity index (χ0n) is 10.7. The molecule has 21 heavy (non-hydrogen) atoms. The van der Waals surface area contributed by atoms with Crippen molar-refractivity contribution in [3.63, 3.8) is 0 Å². The fourth-order valence-electron chi connectivity index (χ4n) is 1.86. The Morgan fingerprint density at radius 2 is 2.14 bits per heavy atom. The van der Waals surface area contributed by atoms with Gasteiger partial charge in [0.05, 0.1) is 20.8 Å². The zero-order valence-corrected chi connectivity index (χ0v) is 13.9. The van der Waals surface area contributed by atoms with E-state index in [1.54, 1.807) is 23.5 Å². The maximum absolute atomic E-state index is 13.1. The predicted octanol–water partition coefficient (Wildman–Crippen LogP) is 5.20. The molecule has 0 spiro atoms. The number of rotatable bonds is 4. The lowest BCUT2D eigenvalue weighted by molar-refractivity contribution is 0.0992. The molecule has 3 aromatic rings. The lowest BCUT2D eigenvalue weighted by atomic mass is 10.1. The molecule has 0 fully saturated rings. The maximum atomic E-state index is 13.1. The zero-order chi connectivity index (χ0) is 14.8. The average molecular weight is 382 g/mol. The van der Waals surface area contributed by atoms with Gasteiger partial charge in [0.15, 0.2) is 5.78 Å². The van der Waals surface area contributed by atoms with E-state index >= 15 is 0 Å². The van der Waals surface area contributed by atoms with Crippen molar-refractivity contribution in [2.75, 3.05) is 0 Å². The smallest absolute Gasteiger partial charge is 0.169 e. The second kappa shape index (κ2) is 6.17. The van der Waals surface area contributed by atoms with Crippen molar-refractivity contribution in [3.8, 4) is 10.6 Å². The first-order chi connectivity index (χ1) is 10.1. The van der Waals surface area contributed by atoms with Crippen LogP contribution >= 0.6 is 38.6 Å². The van der Waals surface area contributed by atoms with Crippen molar-refractivity contribution in [2.24, 2.45) is 0 Å². The minimum absolute atomic E-state index is 0.122. The molecular formula is C15H9BrFNOS2. The normalized spacial score (nSPS) is 10.8. The Balaban J connectivity index is 1.77. The highest BCUT2D eigenvalue weighted by Gasteiger charge is 2.12. The molecule has 2 aromatic heterocycles. The molecule has 0 saturated heterocycles. The van der Waals surface area contributed by atoms with E-state index in [2.05, 4.69) is 20.9 Å². The van der Waals surface area contributed by atoms with Crippen molar-refractivity contribution in [2.45, 2.75) is 6.42 Å². The van der Waals surface area contributed by atoms with Crippen LogP contribution < -0.4 is 0 Å². The average Bonchev–Trinajstić information content (AvgIpc) is 3.07. The molecule has 106 valence electrons. The molecule has 1 aromatic carbocycles. The van der Waals surface area contributed by atoms with Crippen molar-refractivity contribution in [1.82, 2.24) is 4.98 Å². The quantitative estimate of drug-likeness (QED) is 0.581. The summed E-state index contributed by atoms with van der Waals surface area (Å²) in [6, 6.07) is 9.70. The van der Waals surface area contributed by atoms with E-state index in [0.717, 1.165) is 19.4 Å². The van der Waals surface area contributed by atoms with Crippen molar-refractivity contribution in [1.29, 1.82) is 0 Å². The number of thiophene rings is 1. The van der Waals surface area contributed by atoms with Gasteiger partial charge in [-0.3, -0.25) is 4.79 Å². The van der Waals surface area contributed by atoms with Gasteiger partial charge in [0.25, 0.3) is 0 Å². The molecule has 0 unspecified atom stereocenters. The second-order valence-corrected chi connectivity index (χ2v) is 7.75. The number of Topliss-reactive ketones (excluding diaryl/α,β-unsaturated/α-hetero) is 1. The summed E-state index contributed by atoms with van der Waals surface area (Å²) in [5, 5.41) is 2.68. The van der Waals surface area contributed by atoms with Crippen LogP contribution in [0.15, 0.2) is 45.6 Å². The van der Waals surface area contributed by atoms with E-state index in [0.29, 0.717) is 5.56 Å². The van der Waals surface area contributed by atoms with Crippen molar-refractivity contribution in [3.05, 3.63) is 62.0 Å². The lowest BCUT2D eigenvalue weighted by Gasteiger charge is -1.98. The van der Waals surface area contributed by atoms with Crippen molar-refractivity contribution < 1.29 is 9.18 Å².